The summed E-state index contributed by atoms with van der Waals surface area (Å²) in [6, 6.07) is 23.7. The molecule has 0 spiro atoms. The molecule has 2 unspecified atom stereocenters. The Bertz CT molecular complexity index is 1200. The number of halogens is 2. The minimum absolute atomic E-state index is 0.0349. The zero-order valence-electron chi connectivity index (χ0n) is 18.7. The van der Waals surface area contributed by atoms with E-state index in [0.29, 0.717) is 27.4 Å². The van der Waals surface area contributed by atoms with Gasteiger partial charge in [-0.3, -0.25) is 9.59 Å². The maximum atomic E-state index is 12.2. The Labute approximate surface area is 209 Å². The van der Waals surface area contributed by atoms with E-state index in [1.165, 1.54) is 11.6 Å². The first-order valence-corrected chi connectivity index (χ1v) is 11.6. The van der Waals surface area contributed by atoms with Gasteiger partial charge in [-0.25, -0.2) is 0 Å². The number of alkyl halides is 1. The molecule has 4 N–H and O–H groups in total. The van der Waals surface area contributed by atoms with Crippen LogP contribution >= 0.6 is 23.2 Å². The number of hydrogen-bond acceptors (Lipinski definition) is 4. The van der Waals surface area contributed by atoms with E-state index in [1.807, 2.05) is 42.5 Å². The number of rotatable bonds is 5. The van der Waals surface area contributed by atoms with Crippen LogP contribution < -0.4 is 11.5 Å². The molecule has 3 aromatic rings. The standard InChI is InChI=1S/C15H15NO.C13H11Cl2NO/c1-2-11-3-5-12(6-4-11)15(17)13-7-9-14(16)10-8-13;14-11-8-13(15,16)7-6-10(11)12(17)9-4-2-1-3-5-9/h3-10H,2,16H2,1H3;1-8,10H,16H2. The molecule has 0 bridgehead atoms. The fraction of sp³-hybridized carbons (Fsp3) is 0.143. The molecule has 0 saturated heterocycles. The van der Waals surface area contributed by atoms with Crippen molar-refractivity contribution in [3.05, 3.63) is 124 Å². The third-order valence-electron chi connectivity index (χ3n) is 5.34. The molecule has 0 radical (unpaired) electrons. The number of allylic oxidation sites excluding steroid dienone is 2. The molecule has 3 aromatic carbocycles. The quantitative estimate of drug-likeness (QED) is 0.147. The number of Topliss-reactive ketones (excluding diaryl/α,β-unsaturated/α-hetero) is 1. The van der Waals surface area contributed by atoms with E-state index in [1.54, 1.807) is 48.6 Å². The van der Waals surface area contributed by atoms with Gasteiger partial charge in [-0.05, 0) is 48.4 Å². The second kappa shape index (κ2) is 11.3. The van der Waals surface area contributed by atoms with Crippen molar-refractivity contribution < 1.29 is 9.59 Å². The van der Waals surface area contributed by atoms with Gasteiger partial charge in [0.25, 0.3) is 0 Å². The third kappa shape index (κ3) is 6.67. The van der Waals surface area contributed by atoms with Gasteiger partial charge in [-0.1, -0.05) is 90.8 Å². The molecule has 34 heavy (non-hydrogen) atoms. The Morgan fingerprint density at radius 3 is 1.97 bits per heavy atom. The molecular formula is C28H26Cl2N2O2. The first-order chi connectivity index (χ1) is 16.2. The van der Waals surface area contributed by atoms with Gasteiger partial charge in [0.15, 0.2) is 11.6 Å². The van der Waals surface area contributed by atoms with Gasteiger partial charge in [0.05, 0.1) is 5.92 Å². The van der Waals surface area contributed by atoms with Crippen molar-refractivity contribution in [2.75, 3.05) is 5.73 Å². The summed E-state index contributed by atoms with van der Waals surface area (Å²) >= 11 is 11.9. The van der Waals surface area contributed by atoms with Crippen molar-refractivity contribution in [3.63, 3.8) is 0 Å². The van der Waals surface area contributed by atoms with E-state index in [4.69, 9.17) is 34.7 Å². The number of carbonyl (C=O) groups excluding carboxylic acids is 2. The van der Waals surface area contributed by atoms with E-state index < -0.39 is 10.9 Å². The number of nitrogen functional groups attached to an aromatic ring is 1. The smallest absolute Gasteiger partial charge is 0.193 e. The highest BCUT2D eigenvalue weighted by Crippen LogP contribution is 2.31. The molecule has 0 saturated carbocycles. The summed E-state index contributed by atoms with van der Waals surface area (Å²) in [5, 5.41) is 0.360. The van der Waals surface area contributed by atoms with Gasteiger partial charge in [0.2, 0.25) is 0 Å². The number of benzene rings is 3. The number of hydrogen-bond donors (Lipinski definition) is 2. The monoisotopic (exact) mass is 492 g/mol. The predicted molar refractivity (Wildman–Crippen MR) is 140 cm³/mol. The molecule has 1 aliphatic carbocycles. The Morgan fingerprint density at radius 2 is 1.44 bits per heavy atom. The first-order valence-electron chi connectivity index (χ1n) is 10.8. The van der Waals surface area contributed by atoms with Crippen molar-refractivity contribution in [1.82, 2.24) is 0 Å². The molecule has 0 amide bonds. The second-order valence-electron chi connectivity index (χ2n) is 7.93. The lowest BCUT2D eigenvalue weighted by atomic mass is 9.92. The lowest BCUT2D eigenvalue weighted by Crippen LogP contribution is -2.32. The average molecular weight is 493 g/mol. The number of ketones is 2. The molecule has 174 valence electrons. The fourth-order valence-electron chi connectivity index (χ4n) is 3.37. The maximum absolute atomic E-state index is 12.2. The molecule has 0 aliphatic heterocycles. The fourth-order valence-corrected chi connectivity index (χ4v) is 3.97. The average Bonchev–Trinajstić information content (AvgIpc) is 2.84. The van der Waals surface area contributed by atoms with Gasteiger partial charge < -0.3 is 11.5 Å². The van der Waals surface area contributed by atoms with E-state index in [2.05, 4.69) is 6.92 Å². The first kappa shape index (κ1) is 25.4. The summed E-state index contributed by atoms with van der Waals surface area (Å²) in [7, 11) is 0. The van der Waals surface area contributed by atoms with Crippen LogP contribution in [-0.4, -0.2) is 16.6 Å². The molecule has 4 rings (SSSR count). The van der Waals surface area contributed by atoms with Crippen molar-refractivity contribution in [2.45, 2.75) is 18.3 Å². The van der Waals surface area contributed by atoms with E-state index in [-0.39, 0.29) is 11.6 Å². The minimum Gasteiger partial charge on any atom is -0.399 e. The Balaban J connectivity index is 0.000000191. The number of anilines is 1. The van der Waals surface area contributed by atoms with Crippen LogP contribution in [0.1, 0.15) is 38.8 Å². The van der Waals surface area contributed by atoms with Crippen LogP contribution in [-0.2, 0) is 6.42 Å². The van der Waals surface area contributed by atoms with E-state index in [0.717, 1.165) is 6.42 Å². The predicted octanol–water partition coefficient (Wildman–Crippen LogP) is 6.13. The van der Waals surface area contributed by atoms with Crippen molar-refractivity contribution >= 4 is 40.5 Å². The van der Waals surface area contributed by atoms with Gasteiger partial charge >= 0.3 is 0 Å². The van der Waals surface area contributed by atoms with Crippen LogP contribution in [0.25, 0.3) is 0 Å². The molecule has 0 aromatic heterocycles. The largest absolute Gasteiger partial charge is 0.399 e. The summed E-state index contributed by atoms with van der Waals surface area (Å²) in [4.78, 5) is 23.2. The van der Waals surface area contributed by atoms with E-state index >= 15 is 0 Å². The molecule has 1 aliphatic rings. The number of nitrogens with two attached hydrogens (primary N) is 2. The highest BCUT2D eigenvalue weighted by molar-refractivity contribution is 6.34. The lowest BCUT2D eigenvalue weighted by molar-refractivity contribution is 0.0961. The summed E-state index contributed by atoms with van der Waals surface area (Å²) in [5.74, 6) is -0.516. The van der Waals surface area contributed by atoms with E-state index in [9.17, 15) is 9.59 Å². The SMILES string of the molecule is CCc1ccc(C(=O)c2ccc(N)cc2)cc1.NC1(Cl)C=CC(C(=O)c2ccccc2)C(Cl)=C1. The van der Waals surface area contributed by atoms with Crippen LogP contribution in [0, 0.1) is 5.92 Å². The van der Waals surface area contributed by atoms with Crippen LogP contribution in [0.5, 0.6) is 0 Å². The molecule has 0 fully saturated rings. The zero-order valence-corrected chi connectivity index (χ0v) is 20.3. The highest BCUT2D eigenvalue weighted by atomic mass is 35.5. The van der Waals surface area contributed by atoms with Crippen LogP contribution in [0.2, 0.25) is 0 Å². The van der Waals surface area contributed by atoms with Gasteiger partial charge in [0.1, 0.15) is 5.00 Å². The molecule has 0 heterocycles. The van der Waals surface area contributed by atoms with Crippen LogP contribution in [0.3, 0.4) is 0 Å². The number of aryl methyl sites for hydroxylation is 1. The molecule has 2 atom stereocenters. The maximum Gasteiger partial charge on any atom is 0.193 e. The minimum atomic E-state index is -1.09. The topological polar surface area (TPSA) is 86.2 Å². The molecular weight excluding hydrogens is 467 g/mol. The molecule has 4 nitrogen and oxygen atoms in total. The van der Waals surface area contributed by atoms with Gasteiger partial charge in [-0.2, -0.15) is 0 Å². The summed E-state index contributed by atoms with van der Waals surface area (Å²) in [5.41, 5.74) is 15.2. The molecule has 6 heteroatoms. The van der Waals surface area contributed by atoms with Gasteiger partial charge in [-0.15, -0.1) is 0 Å². The Hall–Kier alpha value is -3.18. The van der Waals surface area contributed by atoms with Crippen LogP contribution in [0.4, 0.5) is 5.69 Å². The Morgan fingerprint density at radius 1 is 0.882 bits per heavy atom. The second-order valence-corrected chi connectivity index (χ2v) is 9.02. The highest BCUT2D eigenvalue weighted by Gasteiger charge is 2.28. The summed E-state index contributed by atoms with van der Waals surface area (Å²) in [6.07, 6.45) is 5.69. The van der Waals surface area contributed by atoms with Crippen LogP contribution in [0.15, 0.2) is 102 Å². The lowest BCUT2D eigenvalue weighted by Gasteiger charge is -2.22. The van der Waals surface area contributed by atoms with Crippen molar-refractivity contribution in [3.8, 4) is 0 Å². The zero-order chi connectivity index (χ0) is 24.7. The number of carbonyl (C=O) groups is 2. The van der Waals surface area contributed by atoms with Gasteiger partial charge in [0, 0.05) is 27.4 Å². The Kier molecular flexibility index (Phi) is 8.46. The summed E-state index contributed by atoms with van der Waals surface area (Å²) in [6.45, 7) is 2.09. The van der Waals surface area contributed by atoms with Crippen molar-refractivity contribution in [1.29, 1.82) is 0 Å². The normalized spacial score (nSPS) is 18.9. The van der Waals surface area contributed by atoms with Crippen molar-refractivity contribution in [2.24, 2.45) is 11.7 Å². The third-order valence-corrected chi connectivity index (χ3v) is 5.92. The summed E-state index contributed by atoms with van der Waals surface area (Å²) < 4.78 is 0.